The molecule has 1 saturated heterocycles. The van der Waals surface area contributed by atoms with Gasteiger partial charge < -0.3 is 20.4 Å². The van der Waals surface area contributed by atoms with Gasteiger partial charge in [-0.05, 0) is 54.6 Å². The van der Waals surface area contributed by atoms with Crippen LogP contribution in [0.4, 0.5) is 10.2 Å². The Morgan fingerprint density at radius 2 is 1.84 bits per heavy atom. The highest BCUT2D eigenvalue weighted by molar-refractivity contribution is 14.0. The molecule has 1 aromatic heterocycles. The number of aliphatic imine (C=N–C) groups is 1. The number of hydrogen-bond acceptors (Lipinski definition) is 5. The normalized spacial score (nSPS) is 14.7. The van der Waals surface area contributed by atoms with Crippen LogP contribution in [0.3, 0.4) is 0 Å². The maximum atomic E-state index is 12.9. The summed E-state index contributed by atoms with van der Waals surface area (Å²) in [6.07, 6.45) is 2.94. The Morgan fingerprint density at radius 3 is 2.47 bits per heavy atom. The number of halogens is 2. The molecule has 1 aliphatic rings. The summed E-state index contributed by atoms with van der Waals surface area (Å²) in [6, 6.07) is 10.9. The molecule has 0 bridgehead atoms. The molecule has 0 spiro atoms. The van der Waals surface area contributed by atoms with E-state index in [9.17, 15) is 4.39 Å². The minimum atomic E-state index is -0.194. The predicted molar refractivity (Wildman–Crippen MR) is 144 cm³/mol. The van der Waals surface area contributed by atoms with Crippen molar-refractivity contribution in [3.63, 3.8) is 0 Å². The molecular weight excluding hydrogens is 538 g/mol. The number of rotatable bonds is 9. The first kappa shape index (κ1) is 26.7. The van der Waals surface area contributed by atoms with Gasteiger partial charge >= 0.3 is 0 Å². The van der Waals surface area contributed by atoms with E-state index in [2.05, 4.69) is 49.5 Å². The largest absolute Gasteiger partial charge is 0.356 e. The van der Waals surface area contributed by atoms with Crippen molar-refractivity contribution in [3.05, 3.63) is 54.0 Å². The van der Waals surface area contributed by atoms with Crippen molar-refractivity contribution in [2.45, 2.75) is 24.8 Å². The smallest absolute Gasteiger partial charge is 0.191 e. The molecule has 0 unspecified atom stereocenters. The van der Waals surface area contributed by atoms with Crippen LogP contribution in [0.5, 0.6) is 0 Å². The maximum absolute atomic E-state index is 12.9. The van der Waals surface area contributed by atoms with Crippen LogP contribution >= 0.6 is 35.7 Å². The fraction of sp³-hybridized carbons (Fsp3) is 0.478. The van der Waals surface area contributed by atoms with Gasteiger partial charge in [0.1, 0.15) is 11.6 Å². The van der Waals surface area contributed by atoms with E-state index in [-0.39, 0.29) is 29.8 Å². The molecule has 9 heteroatoms. The minimum absolute atomic E-state index is 0. The van der Waals surface area contributed by atoms with E-state index in [0.717, 1.165) is 73.7 Å². The van der Waals surface area contributed by atoms with E-state index in [1.54, 1.807) is 18.8 Å². The SMILES string of the molecule is CCN1CCN(c2ccc(CNC(=NC)NCCCSc3ccc(F)cc3)cn2)CC1.I. The third-order valence-electron chi connectivity index (χ3n) is 5.33. The standard InChI is InChI=1S/C23H33FN6S.HI/c1-3-29-12-14-30(15-13-29)22-10-5-19(17-27-22)18-28-23(25-2)26-11-4-16-31-21-8-6-20(24)7-9-21;/h5-10,17H,3-4,11-16,18H2,1-2H3,(H2,25,26,28);1H. The summed E-state index contributed by atoms with van der Waals surface area (Å²) in [7, 11) is 1.78. The number of aromatic nitrogens is 1. The highest BCUT2D eigenvalue weighted by Gasteiger charge is 2.16. The van der Waals surface area contributed by atoms with Crippen LogP contribution in [0.15, 0.2) is 52.5 Å². The lowest BCUT2D eigenvalue weighted by atomic mass is 10.2. The number of nitrogens with one attached hydrogen (secondary N) is 2. The number of benzene rings is 1. The lowest BCUT2D eigenvalue weighted by Crippen LogP contribution is -2.46. The zero-order valence-corrected chi connectivity index (χ0v) is 22.0. The second-order valence-corrected chi connectivity index (χ2v) is 8.62. The molecule has 2 heterocycles. The predicted octanol–water partition coefficient (Wildman–Crippen LogP) is 3.83. The molecule has 32 heavy (non-hydrogen) atoms. The Balaban J connectivity index is 0.00000363. The zero-order chi connectivity index (χ0) is 21.9. The second kappa shape index (κ2) is 14.5. The Labute approximate surface area is 212 Å². The zero-order valence-electron chi connectivity index (χ0n) is 18.9. The average molecular weight is 573 g/mol. The molecule has 2 aromatic rings. The van der Waals surface area contributed by atoms with Crippen molar-refractivity contribution in [1.29, 1.82) is 0 Å². The van der Waals surface area contributed by atoms with E-state index in [1.165, 1.54) is 12.1 Å². The van der Waals surface area contributed by atoms with Crippen molar-refractivity contribution in [1.82, 2.24) is 20.5 Å². The minimum Gasteiger partial charge on any atom is -0.356 e. The Kier molecular flexibility index (Phi) is 12.1. The second-order valence-electron chi connectivity index (χ2n) is 7.45. The topological polar surface area (TPSA) is 55.8 Å². The molecule has 0 saturated carbocycles. The highest BCUT2D eigenvalue weighted by atomic mass is 127. The first-order chi connectivity index (χ1) is 15.2. The van der Waals surface area contributed by atoms with Crippen LogP contribution in [0.25, 0.3) is 0 Å². The van der Waals surface area contributed by atoms with Gasteiger partial charge in [-0.3, -0.25) is 4.99 Å². The fourth-order valence-electron chi connectivity index (χ4n) is 3.41. The Morgan fingerprint density at radius 1 is 1.09 bits per heavy atom. The van der Waals surface area contributed by atoms with Crippen LogP contribution in [-0.4, -0.2) is 67.9 Å². The number of pyridine rings is 1. The molecular formula is C23H34FIN6S. The van der Waals surface area contributed by atoms with Gasteiger partial charge in [0.25, 0.3) is 0 Å². The number of nitrogens with zero attached hydrogens (tertiary/aromatic N) is 4. The number of thioether (sulfide) groups is 1. The van der Waals surface area contributed by atoms with E-state index in [0.29, 0.717) is 6.54 Å². The van der Waals surface area contributed by atoms with Crippen LogP contribution in [0, 0.1) is 5.82 Å². The Bertz CT molecular complexity index is 810. The maximum Gasteiger partial charge on any atom is 0.191 e. The number of guanidine groups is 1. The van der Waals surface area contributed by atoms with Gasteiger partial charge in [0.05, 0.1) is 0 Å². The first-order valence-electron chi connectivity index (χ1n) is 10.9. The van der Waals surface area contributed by atoms with Crippen molar-refractivity contribution < 1.29 is 4.39 Å². The first-order valence-corrected chi connectivity index (χ1v) is 11.9. The van der Waals surface area contributed by atoms with Crippen LogP contribution in [0.1, 0.15) is 18.9 Å². The van der Waals surface area contributed by atoms with Gasteiger partial charge in [-0.2, -0.15) is 0 Å². The summed E-state index contributed by atoms with van der Waals surface area (Å²) in [5.41, 5.74) is 1.13. The lowest BCUT2D eigenvalue weighted by Gasteiger charge is -2.34. The van der Waals surface area contributed by atoms with Crippen LogP contribution in [0.2, 0.25) is 0 Å². The molecule has 1 aromatic carbocycles. The third-order valence-corrected chi connectivity index (χ3v) is 6.43. The Hall–Kier alpha value is -1.59. The van der Waals surface area contributed by atoms with Gasteiger partial charge in [-0.15, -0.1) is 35.7 Å². The molecule has 1 aliphatic heterocycles. The van der Waals surface area contributed by atoms with Crippen molar-refractivity contribution in [3.8, 4) is 0 Å². The van der Waals surface area contributed by atoms with Gasteiger partial charge in [0, 0.05) is 57.4 Å². The number of piperazine rings is 1. The molecule has 1 fully saturated rings. The summed E-state index contributed by atoms with van der Waals surface area (Å²) in [6.45, 7) is 9.12. The number of likely N-dealkylation sites (N-methyl/N-ethyl adjacent to an activating group) is 1. The fourth-order valence-corrected chi connectivity index (χ4v) is 4.26. The molecule has 176 valence electrons. The highest BCUT2D eigenvalue weighted by Crippen LogP contribution is 2.18. The molecule has 0 atom stereocenters. The molecule has 6 nitrogen and oxygen atoms in total. The number of anilines is 1. The third kappa shape index (κ3) is 8.74. The summed E-state index contributed by atoms with van der Waals surface area (Å²) in [5, 5.41) is 6.68. The lowest BCUT2D eigenvalue weighted by molar-refractivity contribution is 0.270. The average Bonchev–Trinajstić information content (AvgIpc) is 2.82. The molecule has 3 rings (SSSR count). The molecule has 0 aliphatic carbocycles. The summed E-state index contributed by atoms with van der Waals surface area (Å²) in [4.78, 5) is 14.9. The summed E-state index contributed by atoms with van der Waals surface area (Å²) in [5.74, 6) is 2.61. The van der Waals surface area contributed by atoms with Crippen molar-refractivity contribution >= 4 is 47.5 Å². The van der Waals surface area contributed by atoms with Gasteiger partial charge in [0.2, 0.25) is 0 Å². The van der Waals surface area contributed by atoms with Gasteiger partial charge in [-0.1, -0.05) is 13.0 Å². The van der Waals surface area contributed by atoms with E-state index >= 15 is 0 Å². The van der Waals surface area contributed by atoms with Crippen molar-refractivity contribution in [2.75, 3.05) is 57.0 Å². The molecule has 2 N–H and O–H groups in total. The van der Waals surface area contributed by atoms with Crippen LogP contribution in [-0.2, 0) is 6.54 Å². The summed E-state index contributed by atoms with van der Waals surface area (Å²) >= 11 is 1.73. The number of hydrogen-bond donors (Lipinski definition) is 2. The van der Waals surface area contributed by atoms with E-state index < -0.39 is 0 Å². The van der Waals surface area contributed by atoms with E-state index in [1.807, 2.05) is 18.3 Å². The van der Waals surface area contributed by atoms with Crippen molar-refractivity contribution in [2.24, 2.45) is 4.99 Å². The molecule has 0 amide bonds. The van der Waals surface area contributed by atoms with E-state index in [4.69, 9.17) is 0 Å². The van der Waals surface area contributed by atoms with Gasteiger partial charge in [-0.25, -0.2) is 9.37 Å². The quantitative estimate of drug-likeness (QED) is 0.157. The van der Waals surface area contributed by atoms with Gasteiger partial charge in [0.15, 0.2) is 5.96 Å². The van der Waals surface area contributed by atoms with Crippen LogP contribution < -0.4 is 15.5 Å². The molecule has 0 radical (unpaired) electrons. The summed E-state index contributed by atoms with van der Waals surface area (Å²) < 4.78 is 12.9. The monoisotopic (exact) mass is 572 g/mol.